The summed E-state index contributed by atoms with van der Waals surface area (Å²) >= 11 is 0. The summed E-state index contributed by atoms with van der Waals surface area (Å²) in [6.07, 6.45) is 8.34. The van der Waals surface area contributed by atoms with E-state index in [1.165, 1.54) is 0 Å². The highest BCUT2D eigenvalue weighted by molar-refractivity contribution is 5.88. The van der Waals surface area contributed by atoms with Crippen LogP contribution in [0.15, 0.2) is 53.5 Å². The van der Waals surface area contributed by atoms with E-state index >= 15 is 0 Å². The molecule has 14 nitrogen and oxygen atoms in total. The fourth-order valence-corrected chi connectivity index (χ4v) is 8.79. The molecule has 4 amide bonds. The van der Waals surface area contributed by atoms with Crippen molar-refractivity contribution in [3.63, 3.8) is 0 Å². The topological polar surface area (TPSA) is 148 Å². The first-order chi connectivity index (χ1) is 27.6. The van der Waals surface area contributed by atoms with Crippen molar-refractivity contribution in [2.75, 3.05) is 66.0 Å². The van der Waals surface area contributed by atoms with Gasteiger partial charge in [0.2, 0.25) is 5.91 Å². The van der Waals surface area contributed by atoms with E-state index in [1.807, 2.05) is 60.5 Å². The number of amides is 4. The number of unbranched alkanes of at least 4 members (excludes halogenated alkanes) is 2. The number of piperazine rings is 1. The van der Waals surface area contributed by atoms with Gasteiger partial charge in [-0.15, -0.1) is 0 Å². The van der Waals surface area contributed by atoms with Crippen LogP contribution in [-0.2, 0) is 22.7 Å². The second-order valence-corrected chi connectivity index (χ2v) is 16.2. The van der Waals surface area contributed by atoms with Gasteiger partial charge in [-0.25, -0.2) is 14.3 Å². The molecule has 0 radical (unpaired) electrons. The van der Waals surface area contributed by atoms with E-state index in [1.54, 1.807) is 9.58 Å². The van der Waals surface area contributed by atoms with Crippen molar-refractivity contribution >= 4 is 39.8 Å². The summed E-state index contributed by atoms with van der Waals surface area (Å²) in [6, 6.07) is 13.3. The molecule has 57 heavy (non-hydrogen) atoms. The fourth-order valence-electron chi connectivity index (χ4n) is 8.79. The second-order valence-electron chi connectivity index (χ2n) is 16.2. The van der Waals surface area contributed by atoms with Gasteiger partial charge in [-0.1, -0.05) is 44.0 Å². The molecule has 5 heterocycles. The van der Waals surface area contributed by atoms with E-state index in [0.29, 0.717) is 58.0 Å². The van der Waals surface area contributed by atoms with Gasteiger partial charge in [0.1, 0.15) is 6.04 Å². The Hall–Kier alpha value is -4.95. The van der Waals surface area contributed by atoms with Crippen LogP contribution in [0.4, 0.5) is 9.59 Å². The molecule has 14 heteroatoms. The van der Waals surface area contributed by atoms with Gasteiger partial charge in [-0.3, -0.25) is 14.5 Å². The van der Waals surface area contributed by atoms with E-state index in [2.05, 4.69) is 44.5 Å². The number of para-hydroxylation sites is 1. The number of pyridine rings is 1. The third-order valence-corrected chi connectivity index (χ3v) is 12.2. The number of fused-ring (bicyclic) bond motifs is 2. The number of rotatable bonds is 12. The Labute approximate surface area is 334 Å². The number of hydrogen-bond acceptors (Lipinski definition) is 8. The zero-order valence-electron chi connectivity index (χ0n) is 33.8. The third kappa shape index (κ3) is 9.96. The van der Waals surface area contributed by atoms with E-state index in [-0.39, 0.29) is 30.1 Å². The summed E-state index contributed by atoms with van der Waals surface area (Å²) in [5.74, 6) is -0.0300. The molecule has 306 valence electrons. The third-order valence-electron chi connectivity index (χ3n) is 12.2. The molecule has 3 aliphatic rings. The predicted octanol–water partition coefficient (Wildman–Crippen LogP) is 4.80. The van der Waals surface area contributed by atoms with E-state index in [4.69, 9.17) is 4.74 Å². The molecule has 0 unspecified atom stereocenters. The van der Waals surface area contributed by atoms with Gasteiger partial charge < -0.3 is 35.1 Å². The van der Waals surface area contributed by atoms with Gasteiger partial charge in [0.15, 0.2) is 6.73 Å². The maximum absolute atomic E-state index is 14.4. The van der Waals surface area contributed by atoms with Gasteiger partial charge in [0.25, 0.3) is 5.56 Å². The van der Waals surface area contributed by atoms with Crippen LogP contribution in [0.2, 0.25) is 0 Å². The number of piperidine rings is 2. The molecule has 1 atom stereocenters. The van der Waals surface area contributed by atoms with Crippen LogP contribution in [0, 0.1) is 6.92 Å². The van der Waals surface area contributed by atoms with Crippen molar-refractivity contribution < 1.29 is 19.1 Å². The zero-order chi connectivity index (χ0) is 39.9. The number of carbonyl (C=O) groups is 3. The van der Waals surface area contributed by atoms with Crippen molar-refractivity contribution in [1.82, 2.24) is 45.0 Å². The number of nitrogens with one attached hydrogen (secondary N) is 3. The van der Waals surface area contributed by atoms with Crippen molar-refractivity contribution in [3.8, 4) is 0 Å². The maximum atomic E-state index is 14.4. The van der Waals surface area contributed by atoms with Gasteiger partial charge >= 0.3 is 12.1 Å². The molecule has 0 saturated carbocycles. The highest BCUT2D eigenvalue weighted by Crippen LogP contribution is 2.28. The number of hydrogen-bond donors (Lipinski definition) is 3. The van der Waals surface area contributed by atoms with Crippen LogP contribution in [0.1, 0.15) is 74.5 Å². The molecule has 3 fully saturated rings. The largest absolute Gasteiger partial charge is 0.426 e. The Morgan fingerprint density at radius 1 is 0.912 bits per heavy atom. The van der Waals surface area contributed by atoms with Gasteiger partial charge in [-0.05, 0) is 99.8 Å². The fraction of sp³-hybridized carbons (Fsp3) is 0.558. The van der Waals surface area contributed by atoms with Crippen LogP contribution in [0.5, 0.6) is 0 Å². The first-order valence-electron chi connectivity index (χ1n) is 20.9. The van der Waals surface area contributed by atoms with Crippen molar-refractivity contribution in [3.05, 3.63) is 75.7 Å². The first-order valence-corrected chi connectivity index (χ1v) is 20.9. The number of aromatic amines is 1. The number of urea groups is 1. The summed E-state index contributed by atoms with van der Waals surface area (Å²) < 4.78 is 7.01. The molecule has 0 spiro atoms. The number of aromatic nitrogens is 3. The van der Waals surface area contributed by atoms with Crippen molar-refractivity contribution in [2.24, 2.45) is 0 Å². The molecule has 2 aromatic heterocycles. The average Bonchev–Trinajstić information content (AvgIpc) is 3.65. The Kier molecular flexibility index (Phi) is 13.1. The number of ether oxygens (including phenoxy) is 1. The lowest BCUT2D eigenvalue weighted by atomic mass is 9.89. The van der Waals surface area contributed by atoms with Crippen LogP contribution in [-0.4, -0.2) is 130 Å². The Morgan fingerprint density at radius 3 is 2.42 bits per heavy atom. The summed E-state index contributed by atoms with van der Waals surface area (Å²) in [5, 5.41) is 12.5. The second kappa shape index (κ2) is 18.5. The predicted molar refractivity (Wildman–Crippen MR) is 221 cm³/mol. The molecule has 4 aromatic rings. The number of carbonyl (C=O) groups excluding carboxylic acids is 3. The monoisotopic (exact) mass is 781 g/mol. The van der Waals surface area contributed by atoms with E-state index in [0.717, 1.165) is 96.8 Å². The number of H-pyrrole nitrogens is 1. The lowest BCUT2D eigenvalue weighted by molar-refractivity contribution is -0.135. The molecule has 2 aromatic carbocycles. The van der Waals surface area contributed by atoms with Crippen molar-refractivity contribution in [1.29, 1.82) is 0 Å². The molecular weight excluding hydrogens is 723 g/mol. The number of likely N-dealkylation sites (tertiary alicyclic amines) is 2. The van der Waals surface area contributed by atoms with Gasteiger partial charge in [0.05, 0.1) is 5.52 Å². The summed E-state index contributed by atoms with van der Waals surface area (Å²) in [5.41, 5.74) is 4.12. The molecule has 3 aliphatic heterocycles. The standard InChI is InChI=1S/C43H59N9O5/c1-4-5-8-15-44-43(56)57-29-52-28-34-25-31(24-30(2)39(34)47-52)26-38(41(54)50-22-20-49(21-23-50)35-13-16-48(3)17-14-35)46-42(55)51-18-11-32(12-19-51)36-27-33-9-6-7-10-37(33)45-40(36)53/h6-7,9-10,24-25,27-28,32,35,38H,4-5,8,11-23,26,29H2,1-3H3,(H,44,56)(H,45,53)(H,46,55)/t38-/m1/s1. The minimum absolute atomic E-state index is 0.0181. The number of alkyl carbamates (subject to hydrolysis) is 1. The van der Waals surface area contributed by atoms with Gasteiger partial charge in [0, 0.05) is 80.9 Å². The molecule has 0 aliphatic carbocycles. The molecule has 3 saturated heterocycles. The SMILES string of the molecule is CCCCCNC(=O)OCn1cc2cc(C[C@@H](NC(=O)N3CCC(c4cc5ccccc5[nH]c4=O)CC3)C(=O)N3CCN(C4CCN(C)CC4)CC3)cc(C)c2n1. The summed E-state index contributed by atoms with van der Waals surface area (Å²) in [6.45, 7) is 10.7. The number of nitrogens with zero attached hydrogens (tertiary/aromatic N) is 6. The van der Waals surface area contributed by atoms with Crippen molar-refractivity contribution in [2.45, 2.75) is 89.9 Å². The normalized spacial score (nSPS) is 18.2. The van der Waals surface area contributed by atoms with Crippen LogP contribution in [0.25, 0.3) is 21.8 Å². The maximum Gasteiger partial charge on any atom is 0.408 e. The Balaban J connectivity index is 1.02. The highest BCUT2D eigenvalue weighted by atomic mass is 16.6. The average molecular weight is 782 g/mol. The Morgan fingerprint density at radius 2 is 1.67 bits per heavy atom. The number of benzene rings is 2. The van der Waals surface area contributed by atoms with Crippen LogP contribution < -0.4 is 16.2 Å². The van der Waals surface area contributed by atoms with Crippen LogP contribution in [0.3, 0.4) is 0 Å². The molecular formula is C43H59N9O5. The minimum atomic E-state index is -0.764. The Bertz CT molecular complexity index is 2070. The summed E-state index contributed by atoms with van der Waals surface area (Å²) in [7, 11) is 2.17. The molecule has 3 N–H and O–H groups in total. The minimum Gasteiger partial charge on any atom is -0.426 e. The molecule has 0 bridgehead atoms. The summed E-state index contributed by atoms with van der Waals surface area (Å²) in [4.78, 5) is 65.2. The quantitative estimate of drug-likeness (QED) is 0.174. The van der Waals surface area contributed by atoms with E-state index in [9.17, 15) is 19.2 Å². The smallest absolute Gasteiger partial charge is 0.408 e. The van der Waals surface area contributed by atoms with Crippen LogP contribution >= 0.6 is 0 Å². The molecule has 7 rings (SSSR count). The zero-order valence-corrected chi connectivity index (χ0v) is 33.8. The lowest BCUT2D eigenvalue weighted by Crippen LogP contribution is -2.59. The number of aryl methyl sites for hydroxylation is 1. The lowest BCUT2D eigenvalue weighted by Gasteiger charge is -2.43. The van der Waals surface area contributed by atoms with E-state index < -0.39 is 12.1 Å². The highest BCUT2D eigenvalue weighted by Gasteiger charge is 2.34. The van der Waals surface area contributed by atoms with Gasteiger partial charge in [-0.2, -0.15) is 5.10 Å². The first kappa shape index (κ1) is 40.3.